The molecule has 0 N–H and O–H groups in total. The fourth-order valence-corrected chi connectivity index (χ4v) is 0. The van der Waals surface area contributed by atoms with E-state index in [4.69, 9.17) is 0 Å². The van der Waals surface area contributed by atoms with Crippen LogP contribution in [0, 0.1) is 0 Å². The largest absolute Gasteiger partial charge is 2.00 e. The van der Waals surface area contributed by atoms with Crippen LogP contribution >= 0.6 is 0 Å². The summed E-state index contributed by atoms with van der Waals surface area (Å²) in [4.78, 5) is 0. The molecule has 2 radical (unpaired) electrons. The number of halogens is 2. The summed E-state index contributed by atoms with van der Waals surface area (Å²) in [6.45, 7) is 0. The first-order valence-corrected chi connectivity index (χ1v) is 0. The molecular weight excluding hydrogens is 378 g/mol. The molecule has 0 fully saturated rings. The molecule has 0 aromatic heterocycles. The molecule has 0 aromatic carbocycles. The van der Waals surface area contributed by atoms with Crippen LogP contribution in [0.4, 0.5) is 0 Å². The minimum absolute atomic E-state index is 0. The van der Waals surface area contributed by atoms with Crippen molar-refractivity contribution in [1.29, 1.82) is 0 Å². The topological polar surface area (TPSA) is 0 Å². The van der Waals surface area contributed by atoms with Crippen LogP contribution in [-0.2, 0) is 39.4 Å². The Labute approximate surface area is 79.3 Å². The van der Waals surface area contributed by atoms with Gasteiger partial charge in [-0.2, -0.15) is 0 Å². The van der Waals surface area contributed by atoms with E-state index in [0.29, 0.717) is 0 Å². The molecule has 0 aliphatic rings. The van der Waals surface area contributed by atoms with Crippen molar-refractivity contribution in [3.8, 4) is 0 Å². The SMILES string of the molecule is [Ag].[Br-].[Cu+2].[I-]. The minimum atomic E-state index is 0. The van der Waals surface area contributed by atoms with E-state index < -0.39 is 0 Å². The van der Waals surface area contributed by atoms with Crippen molar-refractivity contribution < 1.29 is 80.4 Å². The van der Waals surface area contributed by atoms with E-state index in [1.165, 1.54) is 0 Å². The Morgan fingerprint density at radius 1 is 1.00 bits per heavy atom. The Morgan fingerprint density at radius 3 is 1.00 bits per heavy atom. The van der Waals surface area contributed by atoms with Crippen LogP contribution in [0.25, 0.3) is 0 Å². The molecule has 0 saturated carbocycles. The van der Waals surface area contributed by atoms with Gasteiger partial charge in [0.1, 0.15) is 0 Å². The van der Waals surface area contributed by atoms with Gasteiger partial charge in [-0.25, -0.2) is 0 Å². The second-order valence-corrected chi connectivity index (χ2v) is 0. The molecule has 0 atom stereocenters. The summed E-state index contributed by atoms with van der Waals surface area (Å²) in [5.41, 5.74) is 0. The van der Waals surface area contributed by atoms with Gasteiger partial charge in [0, 0.05) is 22.4 Å². The van der Waals surface area contributed by atoms with Crippen molar-refractivity contribution in [3.05, 3.63) is 0 Å². The van der Waals surface area contributed by atoms with Crippen molar-refractivity contribution in [2.45, 2.75) is 0 Å². The number of hydrogen-bond acceptors (Lipinski definition) is 0. The molecule has 0 nitrogen and oxygen atoms in total. The molecule has 0 aromatic rings. The molecule has 0 rings (SSSR count). The molecule has 0 aliphatic heterocycles. The molecule has 0 amide bonds. The van der Waals surface area contributed by atoms with Gasteiger partial charge in [0.15, 0.2) is 0 Å². The van der Waals surface area contributed by atoms with Gasteiger partial charge in [0.25, 0.3) is 0 Å². The maximum Gasteiger partial charge on any atom is 2.00 e. The average Bonchev–Trinajstić information content (AvgIpc) is 0. The molecule has 4 heteroatoms. The quantitative estimate of drug-likeness (QED) is 0.291. The monoisotopic (exact) mass is 376 g/mol. The van der Waals surface area contributed by atoms with Gasteiger partial charge < -0.3 is 41.0 Å². The molecule has 0 unspecified atom stereocenters. The fourth-order valence-electron chi connectivity index (χ4n) is 0. The van der Waals surface area contributed by atoms with E-state index in [0.717, 1.165) is 0 Å². The van der Waals surface area contributed by atoms with Crippen LogP contribution in [-0.4, -0.2) is 0 Å². The first-order chi connectivity index (χ1) is 0. The van der Waals surface area contributed by atoms with Gasteiger partial charge in [-0.3, -0.25) is 0 Å². The van der Waals surface area contributed by atoms with Crippen molar-refractivity contribution in [2.75, 3.05) is 0 Å². The van der Waals surface area contributed by atoms with Gasteiger partial charge in [-0.1, -0.05) is 0 Å². The maximum atomic E-state index is 0. The summed E-state index contributed by atoms with van der Waals surface area (Å²) in [6.07, 6.45) is 0. The van der Waals surface area contributed by atoms with Crippen LogP contribution < -0.4 is 41.0 Å². The first-order valence-electron chi connectivity index (χ1n) is 0. The third kappa shape index (κ3) is 8.82. The summed E-state index contributed by atoms with van der Waals surface area (Å²) in [7, 11) is 0. The van der Waals surface area contributed by atoms with Crippen LogP contribution in [0.2, 0.25) is 0 Å². The molecule has 0 aliphatic carbocycles. The molecule has 4 heavy (non-hydrogen) atoms. The second kappa shape index (κ2) is 17.9. The normalized spacial score (nSPS) is 0. The summed E-state index contributed by atoms with van der Waals surface area (Å²) in [5, 5.41) is 0. The third-order valence-electron chi connectivity index (χ3n) is 0. The zero-order chi connectivity index (χ0) is 0. The van der Waals surface area contributed by atoms with Gasteiger partial charge in [0.05, 0.1) is 0 Å². The van der Waals surface area contributed by atoms with Gasteiger partial charge in [-0.05, 0) is 0 Å². The average molecular weight is 378 g/mol. The Kier molecular flexibility index (Phi) is 142. The molecule has 0 bridgehead atoms. The predicted molar refractivity (Wildman–Crippen MR) is 0 cm³/mol. The predicted octanol–water partition coefficient (Wildman–Crippen LogP) is -6.00. The second-order valence-electron chi connectivity index (χ2n) is 0. The van der Waals surface area contributed by atoms with Crippen LogP contribution in [0.3, 0.4) is 0 Å². The third-order valence-corrected chi connectivity index (χ3v) is 0. The van der Waals surface area contributed by atoms with Gasteiger partial charge >= 0.3 is 17.1 Å². The Hall–Kier alpha value is 2.47. The first kappa shape index (κ1) is 31.7. The summed E-state index contributed by atoms with van der Waals surface area (Å²) in [6, 6.07) is 0. The standard InChI is InChI=1S/Ag.BrH.Cu.HI/h;1H;;1H/q;;+2;/p-2. The zero-order valence-corrected chi connectivity index (χ0v) is 7.53. The van der Waals surface area contributed by atoms with E-state index in [1.54, 1.807) is 0 Å². The Bertz CT molecular complexity index is 8.00. The molecule has 0 heterocycles. The Balaban J connectivity index is 0. The molecule has 36 valence electrons. The van der Waals surface area contributed by atoms with Crippen molar-refractivity contribution in [3.63, 3.8) is 0 Å². The van der Waals surface area contributed by atoms with Crippen molar-refractivity contribution in [1.82, 2.24) is 0 Å². The zero-order valence-electron chi connectivity index (χ0n) is 1.36. The van der Waals surface area contributed by atoms with Crippen LogP contribution in [0.5, 0.6) is 0 Å². The molecule has 0 spiro atoms. The van der Waals surface area contributed by atoms with Gasteiger partial charge in [0.2, 0.25) is 0 Å². The summed E-state index contributed by atoms with van der Waals surface area (Å²) >= 11 is 0. The Morgan fingerprint density at radius 2 is 1.00 bits per heavy atom. The van der Waals surface area contributed by atoms with E-state index in [2.05, 4.69) is 0 Å². The number of hydrogen-bond donors (Lipinski definition) is 0. The van der Waals surface area contributed by atoms with E-state index in [-0.39, 0.29) is 80.4 Å². The van der Waals surface area contributed by atoms with Crippen molar-refractivity contribution >= 4 is 0 Å². The summed E-state index contributed by atoms with van der Waals surface area (Å²) in [5.74, 6) is 0. The fraction of sp³-hybridized carbons (Fsp3) is 0. The minimum Gasteiger partial charge on any atom is -1.00 e. The van der Waals surface area contributed by atoms with E-state index in [1.807, 2.05) is 0 Å². The maximum absolute atomic E-state index is 0. The van der Waals surface area contributed by atoms with Crippen LogP contribution in [0.1, 0.15) is 0 Å². The summed E-state index contributed by atoms with van der Waals surface area (Å²) < 4.78 is 0. The van der Waals surface area contributed by atoms with Crippen LogP contribution in [0.15, 0.2) is 0 Å². The van der Waals surface area contributed by atoms with Gasteiger partial charge in [-0.15, -0.1) is 0 Å². The van der Waals surface area contributed by atoms with E-state index >= 15 is 0 Å². The van der Waals surface area contributed by atoms with E-state index in [9.17, 15) is 0 Å². The molecular formula is AgBrCuI. The molecule has 0 saturated heterocycles. The number of rotatable bonds is 0. The van der Waals surface area contributed by atoms with Crippen molar-refractivity contribution in [2.24, 2.45) is 0 Å². The smallest absolute Gasteiger partial charge is 1.00 e.